The van der Waals surface area contributed by atoms with Crippen LogP contribution in [0.15, 0.2) is 48.7 Å². The van der Waals surface area contributed by atoms with Crippen molar-refractivity contribution in [3.8, 4) is 6.07 Å². The molecule has 0 aliphatic carbocycles. The largest absolute Gasteiger partial charge is 0.384 e. The summed E-state index contributed by atoms with van der Waals surface area (Å²) in [5.74, 6) is 0. The van der Waals surface area contributed by atoms with Gasteiger partial charge in [-0.2, -0.15) is 5.26 Å². The number of hydrogen-bond donors (Lipinski definition) is 1. The second kappa shape index (κ2) is 9.46. The zero-order valence-electron chi connectivity index (χ0n) is 20.3. The van der Waals surface area contributed by atoms with Crippen LogP contribution in [-0.4, -0.2) is 73.3 Å². The number of nitrogens with zero attached hydrogens (tertiary/aromatic N) is 5. The second-order valence-corrected chi connectivity index (χ2v) is 9.88. The molecule has 3 aliphatic heterocycles. The zero-order valence-corrected chi connectivity index (χ0v) is 20.3. The summed E-state index contributed by atoms with van der Waals surface area (Å²) in [6.07, 6.45) is 1.77. The lowest BCUT2D eigenvalue weighted by atomic mass is 9.99. The fourth-order valence-corrected chi connectivity index (χ4v) is 5.94. The summed E-state index contributed by atoms with van der Waals surface area (Å²) in [5.41, 5.74) is 6.69. The molecule has 3 aliphatic rings. The van der Waals surface area contributed by atoms with Crippen LogP contribution < -0.4 is 10.2 Å². The molecule has 1 aromatic heterocycles. The molecular weight excluding hydrogens is 436 g/mol. The Morgan fingerprint density at radius 1 is 1.14 bits per heavy atom. The average Bonchev–Trinajstić information content (AvgIpc) is 3.27. The fourth-order valence-electron chi connectivity index (χ4n) is 5.94. The molecule has 4 heterocycles. The highest BCUT2D eigenvalue weighted by molar-refractivity contribution is 5.95. The topological polar surface area (TPSA) is 67.7 Å². The van der Waals surface area contributed by atoms with Crippen LogP contribution in [0.5, 0.6) is 0 Å². The highest BCUT2D eigenvalue weighted by atomic mass is 16.5. The number of fused-ring (bicyclic) bond motifs is 4. The van der Waals surface area contributed by atoms with E-state index in [9.17, 15) is 5.26 Å². The molecule has 0 saturated carbocycles. The van der Waals surface area contributed by atoms with E-state index in [1.54, 1.807) is 6.20 Å². The molecular formula is C28H32N6O. The first-order valence-electron chi connectivity index (χ1n) is 12.7. The van der Waals surface area contributed by atoms with Gasteiger partial charge in [0, 0.05) is 74.8 Å². The smallest absolute Gasteiger partial charge is 0.101 e. The normalized spacial score (nSPS) is 22.6. The van der Waals surface area contributed by atoms with E-state index in [0.717, 1.165) is 69.9 Å². The van der Waals surface area contributed by atoms with Gasteiger partial charge in [-0.1, -0.05) is 6.07 Å². The van der Waals surface area contributed by atoms with Crippen LogP contribution in [0.2, 0.25) is 0 Å². The summed E-state index contributed by atoms with van der Waals surface area (Å²) in [6.45, 7) is 11.0. The molecule has 0 spiro atoms. The monoisotopic (exact) mass is 468 g/mol. The van der Waals surface area contributed by atoms with Crippen molar-refractivity contribution in [2.24, 2.45) is 0 Å². The first-order valence-corrected chi connectivity index (χ1v) is 12.7. The fraction of sp³-hybridized carbons (Fsp3) is 0.429. The van der Waals surface area contributed by atoms with Gasteiger partial charge in [-0.05, 0) is 54.4 Å². The Balaban J connectivity index is 1.20. The Kier molecular flexibility index (Phi) is 6.03. The average molecular weight is 469 g/mol. The summed E-state index contributed by atoms with van der Waals surface area (Å²) in [5, 5.41) is 14.2. The minimum absolute atomic E-state index is 0.374. The van der Waals surface area contributed by atoms with Crippen molar-refractivity contribution in [2.45, 2.75) is 25.6 Å². The maximum absolute atomic E-state index is 9.53. The molecule has 2 atom stereocenters. The summed E-state index contributed by atoms with van der Waals surface area (Å²) in [6, 6.07) is 18.1. The first kappa shape index (κ1) is 22.3. The molecule has 180 valence electrons. The van der Waals surface area contributed by atoms with Gasteiger partial charge in [0.2, 0.25) is 0 Å². The third-order valence-electron chi connectivity index (χ3n) is 7.77. The lowest BCUT2D eigenvalue weighted by molar-refractivity contribution is 0.0398. The molecule has 35 heavy (non-hydrogen) atoms. The lowest BCUT2D eigenvalue weighted by Gasteiger charge is -2.43. The van der Waals surface area contributed by atoms with Crippen LogP contribution in [0, 0.1) is 11.3 Å². The summed E-state index contributed by atoms with van der Waals surface area (Å²) in [7, 11) is 0. The van der Waals surface area contributed by atoms with Gasteiger partial charge < -0.3 is 15.0 Å². The zero-order chi connectivity index (χ0) is 23.8. The number of piperazine rings is 1. The Bertz CT molecular complexity index is 1260. The Labute approximate surface area is 206 Å². The number of aromatic nitrogens is 1. The molecule has 6 rings (SSSR count). The lowest BCUT2D eigenvalue weighted by Crippen LogP contribution is -2.51. The van der Waals surface area contributed by atoms with E-state index >= 15 is 0 Å². The van der Waals surface area contributed by atoms with Gasteiger partial charge in [-0.3, -0.25) is 14.8 Å². The van der Waals surface area contributed by atoms with Crippen LogP contribution in [0.1, 0.15) is 29.7 Å². The van der Waals surface area contributed by atoms with Crippen molar-refractivity contribution in [1.29, 1.82) is 5.26 Å². The standard InChI is InChI=1S/C28H32N6O/c1-20-17-33(26-7-4-21(16-29)28-25(26)3-2-8-31-28)19-27-24-6-5-23(15-22(24)18-34(20)27)30-9-10-32-11-13-35-14-12-32/h2-8,15,20,27,30H,9-14,17-19H2,1H3/t20-,27-/m1/s1. The van der Waals surface area contributed by atoms with Crippen molar-refractivity contribution < 1.29 is 4.74 Å². The second-order valence-electron chi connectivity index (χ2n) is 9.88. The van der Waals surface area contributed by atoms with Crippen molar-refractivity contribution >= 4 is 22.3 Å². The van der Waals surface area contributed by atoms with Gasteiger partial charge in [0.1, 0.15) is 6.07 Å². The van der Waals surface area contributed by atoms with Crippen molar-refractivity contribution in [3.05, 3.63) is 65.4 Å². The van der Waals surface area contributed by atoms with E-state index in [1.165, 1.54) is 22.5 Å². The number of hydrogen-bond acceptors (Lipinski definition) is 7. The molecule has 7 nitrogen and oxygen atoms in total. The van der Waals surface area contributed by atoms with E-state index in [4.69, 9.17) is 4.74 Å². The molecule has 3 aromatic rings. The maximum atomic E-state index is 9.53. The van der Waals surface area contributed by atoms with Crippen LogP contribution in [0.3, 0.4) is 0 Å². The maximum Gasteiger partial charge on any atom is 0.101 e. The van der Waals surface area contributed by atoms with Gasteiger partial charge in [0.15, 0.2) is 0 Å². The van der Waals surface area contributed by atoms with E-state index < -0.39 is 0 Å². The summed E-state index contributed by atoms with van der Waals surface area (Å²) >= 11 is 0. The number of anilines is 2. The van der Waals surface area contributed by atoms with Gasteiger partial charge in [0.05, 0.1) is 30.3 Å². The predicted octanol–water partition coefficient (Wildman–Crippen LogP) is 3.62. The Morgan fingerprint density at radius 2 is 2.03 bits per heavy atom. The van der Waals surface area contributed by atoms with Crippen molar-refractivity contribution in [3.63, 3.8) is 0 Å². The molecule has 2 aromatic carbocycles. The molecule has 2 saturated heterocycles. The molecule has 7 heteroatoms. The highest BCUT2D eigenvalue weighted by Gasteiger charge is 2.39. The predicted molar refractivity (Wildman–Crippen MR) is 139 cm³/mol. The Morgan fingerprint density at radius 3 is 2.89 bits per heavy atom. The number of benzene rings is 2. The van der Waals surface area contributed by atoms with Crippen molar-refractivity contribution in [1.82, 2.24) is 14.8 Å². The van der Waals surface area contributed by atoms with Crippen molar-refractivity contribution in [2.75, 3.05) is 62.7 Å². The molecule has 0 bridgehead atoms. The minimum Gasteiger partial charge on any atom is -0.384 e. The van der Waals surface area contributed by atoms with E-state index in [1.807, 2.05) is 12.1 Å². The van der Waals surface area contributed by atoms with Gasteiger partial charge in [0.25, 0.3) is 0 Å². The van der Waals surface area contributed by atoms with E-state index in [2.05, 4.69) is 68.3 Å². The van der Waals surface area contributed by atoms with Crippen LogP contribution >= 0.6 is 0 Å². The molecule has 1 N–H and O–H groups in total. The molecule has 2 fully saturated rings. The quantitative estimate of drug-likeness (QED) is 0.613. The van der Waals surface area contributed by atoms with Gasteiger partial charge >= 0.3 is 0 Å². The molecule has 0 unspecified atom stereocenters. The SMILES string of the molecule is C[C@@H]1CN(c2ccc(C#N)c3ncccc23)C[C@@H]2c3ccc(NCCN4CCOCC4)cc3CN12. The van der Waals surface area contributed by atoms with Crippen LogP contribution in [0.25, 0.3) is 10.9 Å². The minimum atomic E-state index is 0.374. The summed E-state index contributed by atoms with van der Waals surface area (Å²) in [4.78, 5) is 12.1. The van der Waals surface area contributed by atoms with Crippen LogP contribution in [-0.2, 0) is 11.3 Å². The number of morpholine rings is 1. The number of ether oxygens (including phenoxy) is 1. The third-order valence-corrected chi connectivity index (χ3v) is 7.77. The third kappa shape index (κ3) is 4.23. The van der Waals surface area contributed by atoms with Gasteiger partial charge in [-0.15, -0.1) is 0 Å². The number of rotatable bonds is 5. The first-order chi connectivity index (χ1) is 17.2. The number of nitriles is 1. The number of pyridine rings is 1. The van der Waals surface area contributed by atoms with E-state index in [-0.39, 0.29) is 0 Å². The molecule has 0 radical (unpaired) electrons. The van der Waals surface area contributed by atoms with Crippen LogP contribution in [0.4, 0.5) is 11.4 Å². The summed E-state index contributed by atoms with van der Waals surface area (Å²) < 4.78 is 5.45. The number of nitrogens with one attached hydrogen (secondary N) is 1. The molecule has 0 amide bonds. The van der Waals surface area contributed by atoms with Gasteiger partial charge in [-0.25, -0.2) is 0 Å². The Hall–Kier alpha value is -3.18. The highest BCUT2D eigenvalue weighted by Crippen LogP contribution is 2.41. The van der Waals surface area contributed by atoms with E-state index in [0.29, 0.717) is 17.6 Å².